The highest BCUT2D eigenvalue weighted by molar-refractivity contribution is 5.97. The van der Waals surface area contributed by atoms with Crippen LogP contribution in [0.4, 0.5) is 0 Å². The number of methoxy groups -OCH3 is 1. The van der Waals surface area contributed by atoms with Gasteiger partial charge in [0.25, 0.3) is 5.91 Å². The van der Waals surface area contributed by atoms with Crippen LogP contribution in [-0.2, 0) is 4.79 Å². The second-order valence-electron chi connectivity index (χ2n) is 6.43. The molecule has 0 aliphatic rings. The first-order valence-corrected chi connectivity index (χ1v) is 8.59. The van der Waals surface area contributed by atoms with Crippen LogP contribution < -0.4 is 14.8 Å². The molecule has 142 valence electrons. The van der Waals surface area contributed by atoms with Gasteiger partial charge in [0.15, 0.2) is 5.78 Å². The average molecular weight is 369 g/mol. The number of esters is 1. The first-order chi connectivity index (χ1) is 12.8. The van der Waals surface area contributed by atoms with Crippen LogP contribution in [0.15, 0.2) is 48.5 Å². The number of hydrogen-bond acceptors (Lipinski definition) is 5. The number of Topliss-reactive ketones (excluding diaryl/α,β-unsaturated/α-hetero) is 1. The van der Waals surface area contributed by atoms with Crippen LogP contribution in [-0.4, -0.2) is 30.8 Å². The third-order valence-corrected chi connectivity index (χ3v) is 4.04. The zero-order valence-electron chi connectivity index (χ0n) is 15.8. The molecule has 2 rings (SSSR count). The lowest BCUT2D eigenvalue weighted by molar-refractivity contribution is -0.137. The highest BCUT2D eigenvalue weighted by Gasteiger charge is 2.26. The van der Waals surface area contributed by atoms with Crippen molar-refractivity contribution in [3.8, 4) is 11.5 Å². The van der Waals surface area contributed by atoms with E-state index in [1.165, 1.54) is 6.92 Å². The lowest BCUT2D eigenvalue weighted by Gasteiger charge is -2.21. The predicted molar refractivity (Wildman–Crippen MR) is 101 cm³/mol. The number of carbonyl (C=O) groups is 3. The van der Waals surface area contributed by atoms with E-state index >= 15 is 0 Å². The summed E-state index contributed by atoms with van der Waals surface area (Å²) in [5, 5.41) is 2.71. The first kappa shape index (κ1) is 20.2. The molecule has 0 aromatic heterocycles. The van der Waals surface area contributed by atoms with Gasteiger partial charge >= 0.3 is 5.97 Å². The Morgan fingerprint density at radius 1 is 0.852 bits per heavy atom. The van der Waals surface area contributed by atoms with E-state index in [9.17, 15) is 14.4 Å². The number of amides is 1. The molecule has 1 N–H and O–H groups in total. The maximum Gasteiger partial charge on any atom is 0.334 e. The second kappa shape index (κ2) is 8.98. The lowest BCUT2D eigenvalue weighted by atomic mass is 10.0. The molecule has 0 fully saturated rings. The molecule has 0 saturated carbocycles. The number of nitrogens with one attached hydrogen (secondary N) is 1. The Balaban J connectivity index is 2.07. The smallest absolute Gasteiger partial charge is 0.334 e. The molecule has 0 aliphatic heterocycles. The van der Waals surface area contributed by atoms with Crippen LogP contribution in [0, 0.1) is 5.92 Å². The summed E-state index contributed by atoms with van der Waals surface area (Å²) in [5.74, 6) is -0.228. The quantitative estimate of drug-likeness (QED) is 0.460. The number of rotatable bonds is 7. The van der Waals surface area contributed by atoms with Gasteiger partial charge in [-0.1, -0.05) is 13.8 Å². The zero-order valence-corrected chi connectivity index (χ0v) is 15.8. The standard InChI is InChI=1S/C21H23NO5/c1-13(2)19(22-20(24)16-7-9-17(26-4)10-8-16)21(25)27-18-11-5-15(6-12-18)14(3)23/h5-13,19H,1-4H3,(H,22,24)/t19-/m0/s1. The summed E-state index contributed by atoms with van der Waals surface area (Å²) in [6, 6.07) is 12.1. The van der Waals surface area contributed by atoms with Crippen molar-refractivity contribution < 1.29 is 23.9 Å². The monoisotopic (exact) mass is 369 g/mol. The van der Waals surface area contributed by atoms with E-state index in [4.69, 9.17) is 9.47 Å². The van der Waals surface area contributed by atoms with E-state index in [2.05, 4.69) is 5.32 Å². The summed E-state index contributed by atoms with van der Waals surface area (Å²) in [6.07, 6.45) is 0. The molecule has 0 spiro atoms. The molecule has 0 aliphatic carbocycles. The van der Waals surface area contributed by atoms with Gasteiger partial charge < -0.3 is 14.8 Å². The van der Waals surface area contributed by atoms with Crippen molar-refractivity contribution in [2.75, 3.05) is 7.11 Å². The Kier molecular flexibility index (Phi) is 6.71. The summed E-state index contributed by atoms with van der Waals surface area (Å²) in [6.45, 7) is 5.10. The van der Waals surface area contributed by atoms with Crippen molar-refractivity contribution in [1.29, 1.82) is 0 Å². The van der Waals surface area contributed by atoms with E-state index in [1.807, 2.05) is 13.8 Å². The molecule has 1 amide bonds. The van der Waals surface area contributed by atoms with Crippen molar-refractivity contribution in [3.63, 3.8) is 0 Å². The van der Waals surface area contributed by atoms with Gasteiger partial charge in [-0.05, 0) is 61.4 Å². The zero-order chi connectivity index (χ0) is 20.0. The molecular formula is C21H23NO5. The van der Waals surface area contributed by atoms with Crippen LogP contribution in [0.5, 0.6) is 11.5 Å². The van der Waals surface area contributed by atoms with Gasteiger partial charge in [-0.3, -0.25) is 9.59 Å². The predicted octanol–water partition coefficient (Wildman–Crippen LogP) is 3.26. The molecule has 27 heavy (non-hydrogen) atoms. The van der Waals surface area contributed by atoms with Crippen molar-refractivity contribution >= 4 is 17.7 Å². The molecule has 6 nitrogen and oxygen atoms in total. The number of hydrogen-bond donors (Lipinski definition) is 1. The summed E-state index contributed by atoms with van der Waals surface area (Å²) >= 11 is 0. The van der Waals surface area contributed by atoms with E-state index in [0.29, 0.717) is 22.6 Å². The van der Waals surface area contributed by atoms with Crippen LogP contribution in [0.25, 0.3) is 0 Å². The van der Waals surface area contributed by atoms with E-state index in [-0.39, 0.29) is 17.6 Å². The summed E-state index contributed by atoms with van der Waals surface area (Å²) in [7, 11) is 1.54. The maximum atomic E-state index is 12.5. The Bertz CT molecular complexity index is 809. The molecule has 2 aromatic rings. The van der Waals surface area contributed by atoms with E-state index in [1.54, 1.807) is 55.6 Å². The van der Waals surface area contributed by atoms with Crippen LogP contribution in [0.1, 0.15) is 41.5 Å². The van der Waals surface area contributed by atoms with Crippen molar-refractivity contribution in [2.45, 2.75) is 26.8 Å². The Morgan fingerprint density at radius 3 is 1.85 bits per heavy atom. The molecule has 0 saturated heterocycles. The normalized spacial score (nSPS) is 11.6. The fourth-order valence-corrected chi connectivity index (χ4v) is 2.40. The Morgan fingerprint density at radius 2 is 1.37 bits per heavy atom. The minimum absolute atomic E-state index is 0.0697. The highest BCUT2D eigenvalue weighted by atomic mass is 16.5. The van der Waals surface area contributed by atoms with Gasteiger partial charge in [0, 0.05) is 11.1 Å². The largest absolute Gasteiger partial charge is 0.497 e. The van der Waals surface area contributed by atoms with Crippen LogP contribution >= 0.6 is 0 Å². The number of ether oxygens (including phenoxy) is 2. The third kappa shape index (κ3) is 5.41. The minimum Gasteiger partial charge on any atom is -0.497 e. The first-order valence-electron chi connectivity index (χ1n) is 8.59. The van der Waals surface area contributed by atoms with Gasteiger partial charge in [0.2, 0.25) is 0 Å². The molecule has 0 heterocycles. The summed E-state index contributed by atoms with van der Waals surface area (Å²) in [4.78, 5) is 36.3. The maximum absolute atomic E-state index is 12.5. The minimum atomic E-state index is -0.813. The highest BCUT2D eigenvalue weighted by Crippen LogP contribution is 2.16. The molecule has 6 heteroatoms. The molecular weight excluding hydrogens is 346 g/mol. The Hall–Kier alpha value is -3.15. The fourth-order valence-electron chi connectivity index (χ4n) is 2.40. The van der Waals surface area contributed by atoms with Gasteiger partial charge in [-0.2, -0.15) is 0 Å². The topological polar surface area (TPSA) is 81.7 Å². The molecule has 2 aromatic carbocycles. The molecule has 0 unspecified atom stereocenters. The van der Waals surface area contributed by atoms with Gasteiger partial charge in [-0.25, -0.2) is 4.79 Å². The Labute approximate surface area is 158 Å². The van der Waals surface area contributed by atoms with Gasteiger partial charge in [-0.15, -0.1) is 0 Å². The molecule has 0 radical (unpaired) electrons. The average Bonchev–Trinajstić information content (AvgIpc) is 2.66. The van der Waals surface area contributed by atoms with Crippen LogP contribution in [0.2, 0.25) is 0 Å². The SMILES string of the molecule is COc1ccc(C(=O)N[C@H](C(=O)Oc2ccc(C(C)=O)cc2)C(C)C)cc1. The lowest BCUT2D eigenvalue weighted by Crippen LogP contribution is -2.46. The molecule has 0 bridgehead atoms. The number of ketones is 1. The summed E-state index contributed by atoms with van der Waals surface area (Å²) in [5.41, 5.74) is 0.947. The third-order valence-electron chi connectivity index (χ3n) is 4.04. The van der Waals surface area contributed by atoms with E-state index in [0.717, 1.165) is 0 Å². The van der Waals surface area contributed by atoms with Crippen molar-refractivity contribution in [3.05, 3.63) is 59.7 Å². The number of carbonyl (C=O) groups excluding carboxylic acids is 3. The van der Waals surface area contributed by atoms with Crippen molar-refractivity contribution in [2.24, 2.45) is 5.92 Å². The molecule has 1 atom stereocenters. The summed E-state index contributed by atoms with van der Waals surface area (Å²) < 4.78 is 10.4. The van der Waals surface area contributed by atoms with Gasteiger partial charge in [0.05, 0.1) is 7.11 Å². The van der Waals surface area contributed by atoms with Crippen LogP contribution in [0.3, 0.4) is 0 Å². The van der Waals surface area contributed by atoms with Crippen molar-refractivity contribution in [1.82, 2.24) is 5.32 Å². The second-order valence-corrected chi connectivity index (χ2v) is 6.43. The van der Waals surface area contributed by atoms with Gasteiger partial charge in [0.1, 0.15) is 17.5 Å². The number of benzene rings is 2. The van der Waals surface area contributed by atoms with E-state index < -0.39 is 12.0 Å². The fraction of sp³-hybridized carbons (Fsp3) is 0.286.